The highest BCUT2D eigenvalue weighted by Gasteiger charge is 2.52. The maximum atomic E-state index is 13.1. The first-order chi connectivity index (χ1) is 13.3. The molecule has 7 nitrogen and oxygen atoms in total. The second-order valence-corrected chi connectivity index (χ2v) is 8.02. The molecule has 0 aliphatic carbocycles. The Labute approximate surface area is 166 Å². The smallest absolute Gasteiger partial charge is 0.338 e. The van der Waals surface area contributed by atoms with Crippen molar-refractivity contribution < 1.29 is 19.1 Å². The summed E-state index contributed by atoms with van der Waals surface area (Å²) in [6.45, 7) is 9.16. The molecule has 1 aromatic carbocycles. The average molecular weight is 387 g/mol. The van der Waals surface area contributed by atoms with Crippen LogP contribution in [-0.4, -0.2) is 59.5 Å². The molecule has 1 spiro atoms. The number of amides is 3. The number of hydrogen-bond acceptors (Lipinski definition) is 5. The number of hydrogen-bond donors (Lipinski definition) is 1. The van der Waals surface area contributed by atoms with Crippen molar-refractivity contribution in [3.63, 3.8) is 0 Å². The number of ether oxygens (including phenoxy) is 1. The summed E-state index contributed by atoms with van der Waals surface area (Å²) in [5.41, 5.74) is 0.356. The van der Waals surface area contributed by atoms with Gasteiger partial charge in [0.15, 0.2) is 0 Å². The lowest BCUT2D eigenvalue weighted by atomic mass is 9.87. The first kappa shape index (κ1) is 20.3. The van der Waals surface area contributed by atoms with Crippen LogP contribution in [0.5, 0.6) is 0 Å². The number of carbonyl (C=O) groups excluding carboxylic acids is 3. The number of nitrogens with one attached hydrogen (secondary N) is 1. The monoisotopic (exact) mass is 387 g/mol. The van der Waals surface area contributed by atoms with Crippen molar-refractivity contribution in [2.24, 2.45) is 5.92 Å². The Morgan fingerprint density at radius 2 is 1.96 bits per heavy atom. The number of rotatable bonds is 6. The molecule has 2 fully saturated rings. The zero-order valence-electron chi connectivity index (χ0n) is 16.9. The SMILES string of the molecule is CCOC(=O)c1cccc(CN2C(=O)NC3(CCN(CC(C)C)CC3)C2=O)c1. The zero-order valence-corrected chi connectivity index (χ0v) is 16.9. The minimum atomic E-state index is -0.788. The van der Waals surface area contributed by atoms with E-state index in [2.05, 4.69) is 24.1 Å². The number of benzene rings is 1. The van der Waals surface area contributed by atoms with E-state index in [1.165, 1.54) is 4.90 Å². The Kier molecular flexibility index (Phi) is 6.03. The van der Waals surface area contributed by atoms with Gasteiger partial charge in [0.2, 0.25) is 0 Å². The molecule has 0 aromatic heterocycles. The maximum absolute atomic E-state index is 13.1. The molecule has 152 valence electrons. The summed E-state index contributed by atoms with van der Waals surface area (Å²) in [6.07, 6.45) is 1.26. The van der Waals surface area contributed by atoms with Gasteiger partial charge < -0.3 is 15.0 Å². The van der Waals surface area contributed by atoms with E-state index in [-0.39, 0.29) is 18.5 Å². The second-order valence-electron chi connectivity index (χ2n) is 8.02. The molecular weight excluding hydrogens is 358 g/mol. The quantitative estimate of drug-likeness (QED) is 0.599. The predicted molar refractivity (Wildman–Crippen MR) is 105 cm³/mol. The first-order valence-corrected chi connectivity index (χ1v) is 9.97. The van der Waals surface area contributed by atoms with E-state index in [1.54, 1.807) is 31.2 Å². The van der Waals surface area contributed by atoms with Crippen LogP contribution >= 0.6 is 0 Å². The minimum absolute atomic E-state index is 0.148. The molecular formula is C21H29N3O4. The number of piperidine rings is 1. The molecule has 2 heterocycles. The van der Waals surface area contributed by atoms with Crippen molar-refractivity contribution in [2.75, 3.05) is 26.2 Å². The fourth-order valence-corrected chi connectivity index (χ4v) is 3.99. The van der Waals surface area contributed by atoms with Gasteiger partial charge >= 0.3 is 12.0 Å². The average Bonchev–Trinajstić information content (AvgIpc) is 2.88. The van der Waals surface area contributed by atoms with E-state index in [4.69, 9.17) is 4.74 Å². The molecule has 2 aliphatic heterocycles. The maximum Gasteiger partial charge on any atom is 0.338 e. The number of likely N-dealkylation sites (tertiary alicyclic amines) is 1. The molecule has 0 radical (unpaired) electrons. The first-order valence-electron chi connectivity index (χ1n) is 9.97. The van der Waals surface area contributed by atoms with Crippen LogP contribution in [0.2, 0.25) is 0 Å². The van der Waals surface area contributed by atoms with Crippen LogP contribution in [0.1, 0.15) is 49.5 Å². The Bertz CT molecular complexity index is 754. The van der Waals surface area contributed by atoms with Gasteiger partial charge in [0.25, 0.3) is 5.91 Å². The summed E-state index contributed by atoms with van der Waals surface area (Å²) in [6, 6.07) is 6.53. The van der Waals surface area contributed by atoms with Crippen LogP contribution in [0.4, 0.5) is 4.79 Å². The number of nitrogens with zero attached hydrogens (tertiary/aromatic N) is 2. The molecule has 0 saturated carbocycles. The standard InChI is InChI=1S/C21H29N3O4/c1-4-28-18(25)17-7-5-6-16(12-17)14-24-19(26)21(22-20(24)27)8-10-23(11-9-21)13-15(2)3/h5-7,12,15H,4,8-11,13-14H2,1-3H3,(H,22,27). The van der Waals surface area contributed by atoms with E-state index in [9.17, 15) is 14.4 Å². The number of urea groups is 1. The van der Waals surface area contributed by atoms with Gasteiger partial charge in [0, 0.05) is 19.6 Å². The molecule has 0 bridgehead atoms. The second kappa shape index (κ2) is 8.31. The van der Waals surface area contributed by atoms with E-state index in [0.717, 1.165) is 25.2 Å². The van der Waals surface area contributed by atoms with Gasteiger partial charge in [-0.15, -0.1) is 0 Å². The van der Waals surface area contributed by atoms with Gasteiger partial charge in [0.1, 0.15) is 5.54 Å². The Morgan fingerprint density at radius 1 is 1.25 bits per heavy atom. The Hall–Kier alpha value is -2.41. The third kappa shape index (κ3) is 4.19. The number of esters is 1. The molecule has 7 heteroatoms. The van der Waals surface area contributed by atoms with Crippen LogP contribution in [0.15, 0.2) is 24.3 Å². The lowest BCUT2D eigenvalue weighted by Gasteiger charge is -2.38. The van der Waals surface area contributed by atoms with E-state index in [1.807, 2.05) is 0 Å². The van der Waals surface area contributed by atoms with Gasteiger partial charge in [-0.2, -0.15) is 0 Å². The van der Waals surface area contributed by atoms with E-state index >= 15 is 0 Å². The van der Waals surface area contributed by atoms with Gasteiger partial charge in [0.05, 0.1) is 18.7 Å². The molecule has 1 aromatic rings. The van der Waals surface area contributed by atoms with Gasteiger partial charge in [-0.05, 0) is 43.4 Å². The van der Waals surface area contributed by atoms with Gasteiger partial charge in [-0.1, -0.05) is 26.0 Å². The molecule has 3 rings (SSSR count). The summed E-state index contributed by atoms with van der Waals surface area (Å²) >= 11 is 0. The molecule has 0 unspecified atom stereocenters. The zero-order chi connectivity index (χ0) is 20.3. The molecule has 2 aliphatic rings. The highest BCUT2D eigenvalue weighted by atomic mass is 16.5. The van der Waals surface area contributed by atoms with Crippen molar-refractivity contribution in [3.05, 3.63) is 35.4 Å². The topological polar surface area (TPSA) is 79.0 Å². The minimum Gasteiger partial charge on any atom is -0.462 e. The fraction of sp³-hybridized carbons (Fsp3) is 0.571. The van der Waals surface area contributed by atoms with Crippen LogP contribution in [0, 0.1) is 5.92 Å². The fourth-order valence-electron chi connectivity index (χ4n) is 3.99. The summed E-state index contributed by atoms with van der Waals surface area (Å²) in [4.78, 5) is 41.2. The summed E-state index contributed by atoms with van der Waals surface area (Å²) < 4.78 is 5.02. The molecule has 2 saturated heterocycles. The molecule has 1 N–H and O–H groups in total. The van der Waals surface area contributed by atoms with E-state index in [0.29, 0.717) is 30.9 Å². The predicted octanol–water partition coefficient (Wildman–Crippen LogP) is 2.41. The number of carbonyl (C=O) groups is 3. The van der Waals surface area contributed by atoms with Gasteiger partial charge in [-0.25, -0.2) is 9.59 Å². The Balaban J connectivity index is 1.68. The highest BCUT2D eigenvalue weighted by molar-refractivity contribution is 6.07. The van der Waals surface area contributed by atoms with Crippen LogP contribution < -0.4 is 5.32 Å². The van der Waals surface area contributed by atoms with Crippen molar-refractivity contribution in [3.8, 4) is 0 Å². The lowest BCUT2D eigenvalue weighted by molar-refractivity contribution is -0.133. The molecule has 28 heavy (non-hydrogen) atoms. The Morgan fingerprint density at radius 3 is 2.61 bits per heavy atom. The van der Waals surface area contributed by atoms with Crippen LogP contribution in [0.25, 0.3) is 0 Å². The highest BCUT2D eigenvalue weighted by Crippen LogP contribution is 2.30. The van der Waals surface area contributed by atoms with Crippen molar-refractivity contribution in [1.82, 2.24) is 15.1 Å². The van der Waals surface area contributed by atoms with E-state index < -0.39 is 11.5 Å². The molecule has 0 atom stereocenters. The normalized spacial score (nSPS) is 19.4. The van der Waals surface area contributed by atoms with Crippen LogP contribution in [0.3, 0.4) is 0 Å². The largest absolute Gasteiger partial charge is 0.462 e. The van der Waals surface area contributed by atoms with Crippen molar-refractivity contribution in [1.29, 1.82) is 0 Å². The third-order valence-corrected chi connectivity index (χ3v) is 5.36. The van der Waals surface area contributed by atoms with Gasteiger partial charge in [-0.3, -0.25) is 9.69 Å². The van der Waals surface area contributed by atoms with Crippen molar-refractivity contribution in [2.45, 2.75) is 45.7 Å². The van der Waals surface area contributed by atoms with Crippen LogP contribution in [-0.2, 0) is 16.1 Å². The molecule has 3 amide bonds. The van der Waals surface area contributed by atoms with Crippen molar-refractivity contribution >= 4 is 17.9 Å². The summed E-state index contributed by atoms with van der Waals surface area (Å²) in [5.74, 6) is 0.00451. The lowest BCUT2D eigenvalue weighted by Crippen LogP contribution is -2.55. The summed E-state index contributed by atoms with van der Waals surface area (Å²) in [5, 5.41) is 2.94. The third-order valence-electron chi connectivity index (χ3n) is 5.36. The summed E-state index contributed by atoms with van der Waals surface area (Å²) in [7, 11) is 0. The number of imide groups is 1.